The van der Waals surface area contributed by atoms with E-state index in [1.807, 2.05) is 19.9 Å². The molecule has 3 heteroatoms. The van der Waals surface area contributed by atoms with Gasteiger partial charge >= 0.3 is 0 Å². The third-order valence-corrected chi connectivity index (χ3v) is 3.04. The number of hydrogen-bond acceptors (Lipinski definition) is 2. The number of benzene rings is 1. The maximum atomic E-state index is 13.3. The summed E-state index contributed by atoms with van der Waals surface area (Å²) in [4.78, 5) is 0. The van der Waals surface area contributed by atoms with Crippen LogP contribution in [-0.2, 0) is 4.74 Å². The smallest absolute Gasteiger partial charge is 0.123 e. The lowest BCUT2D eigenvalue weighted by atomic mass is 9.96. The van der Waals surface area contributed by atoms with Crippen molar-refractivity contribution in [1.82, 2.24) is 5.32 Å². The maximum Gasteiger partial charge on any atom is 0.123 e. The van der Waals surface area contributed by atoms with Crippen LogP contribution in [0.15, 0.2) is 18.2 Å². The number of aryl methyl sites for hydroxylation is 1. The normalized spacial score (nSPS) is 14.6. The summed E-state index contributed by atoms with van der Waals surface area (Å²) in [6.07, 6.45) is 0.996. The highest BCUT2D eigenvalue weighted by Crippen LogP contribution is 2.23. The molecule has 0 fully saturated rings. The van der Waals surface area contributed by atoms with Crippen LogP contribution in [0.4, 0.5) is 4.39 Å². The molecule has 0 saturated carbocycles. The Balaban J connectivity index is 2.91. The molecule has 0 aliphatic rings. The summed E-state index contributed by atoms with van der Waals surface area (Å²) in [5.74, 6) is -0.182. The first kappa shape index (κ1) is 14.1. The van der Waals surface area contributed by atoms with Crippen LogP contribution in [0.5, 0.6) is 0 Å². The van der Waals surface area contributed by atoms with Gasteiger partial charge in [0, 0.05) is 13.2 Å². The molecule has 1 rings (SSSR count). The predicted octanol–water partition coefficient (Wildman–Crippen LogP) is 3.21. The zero-order valence-electron chi connectivity index (χ0n) is 11.1. The summed E-state index contributed by atoms with van der Waals surface area (Å²) < 4.78 is 18.6. The summed E-state index contributed by atoms with van der Waals surface area (Å²) in [6, 6.07) is 5.09. The molecule has 0 bridgehead atoms. The van der Waals surface area contributed by atoms with Crippen molar-refractivity contribution in [2.24, 2.45) is 0 Å². The van der Waals surface area contributed by atoms with E-state index in [1.54, 1.807) is 13.2 Å². The van der Waals surface area contributed by atoms with Crippen LogP contribution in [0.25, 0.3) is 0 Å². The highest BCUT2D eigenvalue weighted by Gasteiger charge is 2.16. The van der Waals surface area contributed by atoms with Gasteiger partial charge in [-0.05, 0) is 50.1 Å². The molecule has 2 nitrogen and oxygen atoms in total. The van der Waals surface area contributed by atoms with Crippen LogP contribution < -0.4 is 5.32 Å². The van der Waals surface area contributed by atoms with Crippen molar-refractivity contribution >= 4 is 0 Å². The molecule has 0 spiro atoms. The molecule has 2 atom stereocenters. The van der Waals surface area contributed by atoms with Crippen LogP contribution in [0, 0.1) is 12.7 Å². The molecule has 1 N–H and O–H groups in total. The van der Waals surface area contributed by atoms with Crippen LogP contribution in [-0.4, -0.2) is 19.8 Å². The molecular weight excluding hydrogens is 217 g/mol. The van der Waals surface area contributed by atoms with Crippen LogP contribution in [0.2, 0.25) is 0 Å². The Labute approximate surface area is 103 Å². The number of hydrogen-bond donors (Lipinski definition) is 1. The average Bonchev–Trinajstić information content (AvgIpc) is 2.31. The summed E-state index contributed by atoms with van der Waals surface area (Å²) in [7, 11) is 1.70. The third-order valence-electron chi connectivity index (χ3n) is 3.04. The van der Waals surface area contributed by atoms with Gasteiger partial charge in [0.25, 0.3) is 0 Å². The molecule has 17 heavy (non-hydrogen) atoms. The fraction of sp³-hybridized carbons (Fsp3) is 0.571. The number of methoxy groups -OCH3 is 1. The second kappa shape index (κ2) is 6.72. The number of ether oxygens (including phenoxy) is 1. The lowest BCUT2D eigenvalue weighted by Crippen LogP contribution is -2.25. The third kappa shape index (κ3) is 4.10. The molecular formula is C14H22FNO. The number of nitrogens with one attached hydrogen (secondary N) is 1. The van der Waals surface area contributed by atoms with Crippen molar-refractivity contribution in [2.75, 3.05) is 13.7 Å². The Bertz CT molecular complexity index is 354. The lowest BCUT2D eigenvalue weighted by Gasteiger charge is -2.23. The Kier molecular flexibility index (Phi) is 5.59. The van der Waals surface area contributed by atoms with Crippen LogP contribution in [0.3, 0.4) is 0 Å². The fourth-order valence-electron chi connectivity index (χ4n) is 1.98. The minimum Gasteiger partial charge on any atom is -0.382 e. The van der Waals surface area contributed by atoms with Gasteiger partial charge in [-0.1, -0.05) is 13.0 Å². The van der Waals surface area contributed by atoms with E-state index in [1.165, 1.54) is 6.07 Å². The zero-order chi connectivity index (χ0) is 12.8. The topological polar surface area (TPSA) is 21.3 Å². The van der Waals surface area contributed by atoms with Crippen molar-refractivity contribution in [2.45, 2.75) is 39.3 Å². The van der Waals surface area contributed by atoms with E-state index in [0.29, 0.717) is 0 Å². The van der Waals surface area contributed by atoms with E-state index < -0.39 is 0 Å². The number of rotatable bonds is 6. The Morgan fingerprint density at radius 3 is 2.71 bits per heavy atom. The van der Waals surface area contributed by atoms with Gasteiger partial charge in [0.05, 0.1) is 6.10 Å². The molecule has 0 radical (unpaired) electrons. The first-order chi connectivity index (χ1) is 8.08. The van der Waals surface area contributed by atoms with Gasteiger partial charge in [-0.2, -0.15) is 0 Å². The highest BCUT2D eigenvalue weighted by molar-refractivity contribution is 5.29. The predicted molar refractivity (Wildman–Crippen MR) is 68.6 cm³/mol. The summed E-state index contributed by atoms with van der Waals surface area (Å²) in [5, 5.41) is 3.39. The van der Waals surface area contributed by atoms with Crippen LogP contribution in [0.1, 0.15) is 37.4 Å². The summed E-state index contributed by atoms with van der Waals surface area (Å²) >= 11 is 0. The van der Waals surface area contributed by atoms with E-state index in [-0.39, 0.29) is 18.0 Å². The first-order valence-electron chi connectivity index (χ1n) is 6.10. The van der Waals surface area contributed by atoms with Gasteiger partial charge in [0.1, 0.15) is 5.82 Å². The monoisotopic (exact) mass is 239 g/mol. The van der Waals surface area contributed by atoms with Gasteiger partial charge in [-0.25, -0.2) is 4.39 Å². The van der Waals surface area contributed by atoms with Crippen molar-refractivity contribution in [3.05, 3.63) is 35.1 Å². The Hall–Kier alpha value is -0.930. The minimum absolute atomic E-state index is 0.144. The zero-order valence-corrected chi connectivity index (χ0v) is 11.1. The lowest BCUT2D eigenvalue weighted by molar-refractivity contribution is 0.100. The van der Waals surface area contributed by atoms with E-state index in [9.17, 15) is 4.39 Å². The Morgan fingerprint density at radius 1 is 1.41 bits per heavy atom. The highest BCUT2D eigenvalue weighted by atomic mass is 19.1. The average molecular weight is 239 g/mol. The van der Waals surface area contributed by atoms with Gasteiger partial charge in [-0.15, -0.1) is 0 Å². The second-order valence-corrected chi connectivity index (χ2v) is 4.39. The van der Waals surface area contributed by atoms with E-state index in [2.05, 4.69) is 12.2 Å². The molecule has 96 valence electrons. The van der Waals surface area contributed by atoms with Crippen molar-refractivity contribution in [3.63, 3.8) is 0 Å². The van der Waals surface area contributed by atoms with E-state index in [4.69, 9.17) is 4.74 Å². The van der Waals surface area contributed by atoms with Crippen molar-refractivity contribution in [3.8, 4) is 0 Å². The van der Waals surface area contributed by atoms with E-state index >= 15 is 0 Å². The molecule has 0 aliphatic heterocycles. The first-order valence-corrected chi connectivity index (χ1v) is 6.10. The molecule has 2 unspecified atom stereocenters. The molecule has 0 heterocycles. The van der Waals surface area contributed by atoms with Crippen molar-refractivity contribution < 1.29 is 9.13 Å². The minimum atomic E-state index is -0.182. The molecule has 1 aromatic rings. The molecule has 0 aromatic heterocycles. The molecule has 0 aliphatic carbocycles. The maximum absolute atomic E-state index is 13.3. The molecule has 0 saturated heterocycles. The van der Waals surface area contributed by atoms with Crippen molar-refractivity contribution in [1.29, 1.82) is 0 Å². The summed E-state index contributed by atoms with van der Waals surface area (Å²) in [6.45, 7) is 6.95. The van der Waals surface area contributed by atoms with Gasteiger partial charge in [-0.3, -0.25) is 0 Å². The standard InChI is InChI=1S/C14H22FNO/c1-5-16-14(8-11(3)17-4)13-9-12(15)7-6-10(13)2/h6-7,9,11,14,16H,5,8H2,1-4H3. The quantitative estimate of drug-likeness (QED) is 0.823. The molecule has 0 amide bonds. The fourth-order valence-corrected chi connectivity index (χ4v) is 1.98. The summed E-state index contributed by atoms with van der Waals surface area (Å²) in [5.41, 5.74) is 2.14. The van der Waals surface area contributed by atoms with Gasteiger partial charge in [0.2, 0.25) is 0 Å². The van der Waals surface area contributed by atoms with Crippen LogP contribution >= 0.6 is 0 Å². The van der Waals surface area contributed by atoms with Gasteiger partial charge < -0.3 is 10.1 Å². The second-order valence-electron chi connectivity index (χ2n) is 4.39. The number of halogens is 1. The SMILES string of the molecule is CCNC(CC(C)OC)c1cc(F)ccc1C. The Morgan fingerprint density at radius 2 is 2.12 bits per heavy atom. The largest absolute Gasteiger partial charge is 0.382 e. The van der Waals surface area contributed by atoms with E-state index in [0.717, 1.165) is 24.1 Å². The van der Waals surface area contributed by atoms with Gasteiger partial charge in [0.15, 0.2) is 0 Å². The molecule has 1 aromatic carbocycles.